The van der Waals surface area contributed by atoms with Crippen LogP contribution in [0.5, 0.6) is 0 Å². The first-order valence-electron chi connectivity index (χ1n) is 5.49. The summed E-state index contributed by atoms with van der Waals surface area (Å²) in [6, 6.07) is 6.30. The lowest BCUT2D eigenvalue weighted by atomic mass is 9.69. The van der Waals surface area contributed by atoms with E-state index in [4.69, 9.17) is 4.65 Å². The fourth-order valence-electron chi connectivity index (χ4n) is 2.12. The van der Waals surface area contributed by atoms with E-state index in [1.165, 1.54) is 11.1 Å². The SMILES string of the molecule is CCc1ccc2c(c1)B(O)OC(C)(C)C2. The summed E-state index contributed by atoms with van der Waals surface area (Å²) in [4.78, 5) is 0. The molecule has 0 spiro atoms. The minimum Gasteiger partial charge on any atom is -0.423 e. The minimum atomic E-state index is -0.768. The maximum Gasteiger partial charge on any atom is 0.491 e. The van der Waals surface area contributed by atoms with Crippen LogP contribution in [0.15, 0.2) is 18.2 Å². The topological polar surface area (TPSA) is 29.5 Å². The molecule has 2 rings (SSSR count). The van der Waals surface area contributed by atoms with Crippen LogP contribution in [-0.4, -0.2) is 17.7 Å². The lowest BCUT2D eigenvalue weighted by Crippen LogP contribution is -2.50. The van der Waals surface area contributed by atoms with Crippen molar-refractivity contribution in [1.29, 1.82) is 0 Å². The Bertz CT molecular complexity index is 374. The fraction of sp³-hybridized carbons (Fsp3) is 0.500. The highest BCUT2D eigenvalue weighted by atomic mass is 16.5. The van der Waals surface area contributed by atoms with Gasteiger partial charge in [0.15, 0.2) is 0 Å². The van der Waals surface area contributed by atoms with Gasteiger partial charge < -0.3 is 9.68 Å². The summed E-state index contributed by atoms with van der Waals surface area (Å²) in [5, 5.41) is 9.89. The van der Waals surface area contributed by atoms with Crippen LogP contribution in [0.2, 0.25) is 0 Å². The van der Waals surface area contributed by atoms with Crippen molar-refractivity contribution in [3.05, 3.63) is 29.3 Å². The highest BCUT2D eigenvalue weighted by molar-refractivity contribution is 6.61. The van der Waals surface area contributed by atoms with E-state index < -0.39 is 7.12 Å². The summed E-state index contributed by atoms with van der Waals surface area (Å²) in [5.41, 5.74) is 3.13. The minimum absolute atomic E-state index is 0.264. The number of benzene rings is 1. The van der Waals surface area contributed by atoms with Crippen LogP contribution in [0.4, 0.5) is 0 Å². The van der Waals surface area contributed by atoms with Gasteiger partial charge in [-0.25, -0.2) is 0 Å². The van der Waals surface area contributed by atoms with Gasteiger partial charge in [0.25, 0.3) is 0 Å². The van der Waals surface area contributed by atoms with Crippen LogP contribution < -0.4 is 5.46 Å². The van der Waals surface area contributed by atoms with Crippen molar-refractivity contribution in [2.45, 2.75) is 39.2 Å². The number of aryl methyl sites for hydroxylation is 1. The molecule has 0 bridgehead atoms. The molecule has 0 fully saturated rings. The normalized spacial score (nSPS) is 18.8. The molecule has 0 saturated heterocycles. The van der Waals surface area contributed by atoms with Crippen LogP contribution in [-0.2, 0) is 17.5 Å². The number of hydrogen-bond donors (Lipinski definition) is 1. The maximum absolute atomic E-state index is 9.89. The van der Waals surface area contributed by atoms with Crippen LogP contribution in [0.25, 0.3) is 0 Å². The zero-order chi connectivity index (χ0) is 11.1. The first-order chi connectivity index (χ1) is 7.02. The maximum atomic E-state index is 9.89. The molecule has 1 N–H and O–H groups in total. The quantitative estimate of drug-likeness (QED) is 0.698. The summed E-state index contributed by atoms with van der Waals surface area (Å²) in [6.07, 6.45) is 1.85. The zero-order valence-corrected chi connectivity index (χ0v) is 9.58. The van der Waals surface area contributed by atoms with E-state index >= 15 is 0 Å². The van der Waals surface area contributed by atoms with Gasteiger partial charge in [-0.15, -0.1) is 0 Å². The monoisotopic (exact) mass is 204 g/mol. The summed E-state index contributed by atoms with van der Waals surface area (Å²) < 4.78 is 5.56. The first kappa shape index (κ1) is 10.7. The largest absolute Gasteiger partial charge is 0.491 e. The van der Waals surface area contributed by atoms with E-state index in [0.717, 1.165) is 18.3 Å². The molecule has 3 heteroatoms. The average Bonchev–Trinajstić information content (AvgIpc) is 2.15. The molecule has 15 heavy (non-hydrogen) atoms. The molecule has 0 unspecified atom stereocenters. The van der Waals surface area contributed by atoms with Crippen molar-refractivity contribution in [2.24, 2.45) is 0 Å². The van der Waals surface area contributed by atoms with Gasteiger partial charge in [0.05, 0.1) is 5.60 Å². The van der Waals surface area contributed by atoms with Crippen molar-refractivity contribution >= 4 is 12.6 Å². The molecule has 0 aliphatic carbocycles. The molecule has 1 aromatic carbocycles. The molecule has 0 radical (unpaired) electrons. The van der Waals surface area contributed by atoms with Crippen molar-refractivity contribution < 1.29 is 9.68 Å². The Morgan fingerprint density at radius 2 is 2.20 bits per heavy atom. The van der Waals surface area contributed by atoms with E-state index in [1.807, 2.05) is 13.8 Å². The Kier molecular flexibility index (Phi) is 2.61. The number of hydrogen-bond acceptors (Lipinski definition) is 2. The standard InChI is InChI=1S/C12H17BO2/c1-4-9-5-6-10-8-12(2,3)15-13(14)11(10)7-9/h5-7,14H,4,8H2,1-3H3. The van der Waals surface area contributed by atoms with E-state index in [2.05, 4.69) is 25.1 Å². The van der Waals surface area contributed by atoms with Crippen molar-refractivity contribution in [1.82, 2.24) is 0 Å². The van der Waals surface area contributed by atoms with Gasteiger partial charge in [0, 0.05) is 0 Å². The molecule has 1 aliphatic rings. The molecule has 0 saturated carbocycles. The van der Waals surface area contributed by atoms with Gasteiger partial charge in [0.2, 0.25) is 0 Å². The van der Waals surface area contributed by atoms with Gasteiger partial charge in [-0.3, -0.25) is 0 Å². The highest BCUT2D eigenvalue weighted by Gasteiger charge is 2.35. The van der Waals surface area contributed by atoms with Crippen molar-refractivity contribution in [3.63, 3.8) is 0 Å². The Labute approximate surface area is 91.4 Å². The number of fused-ring (bicyclic) bond motifs is 1. The van der Waals surface area contributed by atoms with E-state index in [9.17, 15) is 5.02 Å². The second kappa shape index (κ2) is 3.65. The number of rotatable bonds is 1. The molecule has 80 valence electrons. The molecule has 1 aliphatic heterocycles. The van der Waals surface area contributed by atoms with Gasteiger partial charge >= 0.3 is 7.12 Å². The fourth-order valence-corrected chi connectivity index (χ4v) is 2.12. The summed E-state index contributed by atoms with van der Waals surface area (Å²) in [6.45, 7) is 6.13. The van der Waals surface area contributed by atoms with Gasteiger partial charge in [-0.2, -0.15) is 0 Å². The third-order valence-electron chi connectivity index (χ3n) is 2.93. The first-order valence-corrected chi connectivity index (χ1v) is 5.49. The summed E-state index contributed by atoms with van der Waals surface area (Å²) >= 11 is 0. The Morgan fingerprint density at radius 3 is 2.87 bits per heavy atom. The third kappa shape index (κ3) is 2.08. The summed E-state index contributed by atoms with van der Waals surface area (Å²) in [5.74, 6) is 0. The molecular formula is C12H17BO2. The second-order valence-corrected chi connectivity index (χ2v) is 4.79. The van der Waals surface area contributed by atoms with Crippen LogP contribution >= 0.6 is 0 Å². The van der Waals surface area contributed by atoms with Gasteiger partial charge in [-0.1, -0.05) is 25.1 Å². The van der Waals surface area contributed by atoms with Crippen LogP contribution in [0.1, 0.15) is 31.9 Å². The lowest BCUT2D eigenvalue weighted by molar-refractivity contribution is 0.0820. The smallest absolute Gasteiger partial charge is 0.423 e. The lowest BCUT2D eigenvalue weighted by Gasteiger charge is -2.33. The molecule has 0 atom stereocenters. The van der Waals surface area contributed by atoms with Gasteiger partial charge in [-0.05, 0) is 43.3 Å². The van der Waals surface area contributed by atoms with Crippen molar-refractivity contribution in [3.8, 4) is 0 Å². The van der Waals surface area contributed by atoms with Crippen LogP contribution in [0.3, 0.4) is 0 Å². The van der Waals surface area contributed by atoms with E-state index in [1.54, 1.807) is 0 Å². The van der Waals surface area contributed by atoms with Gasteiger partial charge in [0.1, 0.15) is 0 Å². The molecule has 0 amide bonds. The Balaban J connectivity index is 2.41. The van der Waals surface area contributed by atoms with Crippen molar-refractivity contribution in [2.75, 3.05) is 0 Å². The third-order valence-corrected chi connectivity index (χ3v) is 2.93. The summed E-state index contributed by atoms with van der Waals surface area (Å²) in [7, 11) is -0.768. The zero-order valence-electron chi connectivity index (χ0n) is 9.58. The predicted molar refractivity (Wildman–Crippen MR) is 62.3 cm³/mol. The molecule has 1 heterocycles. The highest BCUT2D eigenvalue weighted by Crippen LogP contribution is 2.22. The second-order valence-electron chi connectivity index (χ2n) is 4.79. The average molecular weight is 204 g/mol. The molecular weight excluding hydrogens is 187 g/mol. The Hall–Kier alpha value is -0.795. The predicted octanol–water partition coefficient (Wildman–Crippen LogP) is 1.29. The van der Waals surface area contributed by atoms with Crippen LogP contribution in [0, 0.1) is 0 Å². The van der Waals surface area contributed by atoms with E-state index in [0.29, 0.717) is 0 Å². The molecule has 1 aromatic rings. The Morgan fingerprint density at radius 1 is 1.47 bits per heavy atom. The molecule has 0 aromatic heterocycles. The molecule has 2 nitrogen and oxygen atoms in total. The van der Waals surface area contributed by atoms with E-state index in [-0.39, 0.29) is 5.60 Å².